The number of esters is 1. The third-order valence-corrected chi connectivity index (χ3v) is 4.20. The van der Waals surface area contributed by atoms with Gasteiger partial charge in [-0.1, -0.05) is 0 Å². The Morgan fingerprint density at radius 3 is 2.48 bits per heavy atom. The van der Waals surface area contributed by atoms with Gasteiger partial charge >= 0.3 is 27.5 Å². The molecule has 0 saturated heterocycles. The van der Waals surface area contributed by atoms with Crippen molar-refractivity contribution in [2.45, 2.75) is 20.0 Å². The van der Waals surface area contributed by atoms with Crippen molar-refractivity contribution in [3.8, 4) is 11.3 Å². The van der Waals surface area contributed by atoms with Crippen LogP contribution in [-0.4, -0.2) is 49.6 Å². The van der Waals surface area contributed by atoms with Crippen molar-refractivity contribution < 1.29 is 32.0 Å². The van der Waals surface area contributed by atoms with E-state index in [-0.39, 0.29) is 35.4 Å². The molecule has 1 aromatic carbocycles. The van der Waals surface area contributed by atoms with E-state index < -0.39 is 39.0 Å². The van der Waals surface area contributed by atoms with Gasteiger partial charge in [-0.2, -0.15) is 8.42 Å². The molecule has 0 bridgehead atoms. The fraction of sp³-hybridized carbons (Fsp3) is 0.235. The molecule has 33 heavy (non-hydrogen) atoms. The molecule has 0 amide bonds. The number of fused-ring (bicyclic) bond motifs is 1. The normalized spacial score (nSPS) is 11.0. The molecule has 2 heterocycles. The van der Waals surface area contributed by atoms with E-state index in [9.17, 15) is 24.5 Å². The zero-order valence-corrected chi connectivity index (χ0v) is 17.8. The lowest BCUT2D eigenvalue weighted by molar-refractivity contribution is -0.384. The molecule has 0 atom stereocenters. The van der Waals surface area contributed by atoms with Crippen molar-refractivity contribution in [3.05, 3.63) is 60.8 Å². The van der Waals surface area contributed by atoms with Crippen molar-refractivity contribution in [2.24, 2.45) is 5.73 Å². The zero-order valence-electron chi connectivity index (χ0n) is 17.0. The smallest absolute Gasteiger partial charge is 0.394 e. The first-order valence-electron chi connectivity index (χ1n) is 9.04. The van der Waals surface area contributed by atoms with Crippen LogP contribution in [0.25, 0.3) is 22.3 Å². The molecule has 0 saturated carbocycles. The number of nitrogens with zero attached hydrogens (tertiary/aromatic N) is 2. The van der Waals surface area contributed by atoms with E-state index in [0.29, 0.717) is 11.3 Å². The minimum Gasteiger partial charge on any atom is -0.465 e. The molecule has 0 radical (unpaired) electrons. The molecular formula is C17H19N5O10S. The average molecular weight is 485 g/mol. The van der Waals surface area contributed by atoms with Gasteiger partial charge in [0.15, 0.2) is 0 Å². The Kier molecular flexibility index (Phi) is 7.83. The summed E-state index contributed by atoms with van der Waals surface area (Å²) in [5.74, 6) is -0.709. The van der Waals surface area contributed by atoms with Gasteiger partial charge in [-0.3, -0.25) is 38.2 Å². The maximum atomic E-state index is 12.3. The molecule has 16 heteroatoms. The third-order valence-electron chi connectivity index (χ3n) is 4.20. The van der Waals surface area contributed by atoms with Crippen LogP contribution in [0.3, 0.4) is 0 Å². The quantitative estimate of drug-likeness (QED) is 0.102. The topological polar surface area (TPSA) is 241 Å². The number of nitro groups is 1. The zero-order chi connectivity index (χ0) is 24.9. The van der Waals surface area contributed by atoms with Crippen LogP contribution in [0.15, 0.2) is 34.0 Å². The number of nitro benzene ring substituents is 1. The Hall–Kier alpha value is -3.86. The predicted molar refractivity (Wildman–Crippen MR) is 114 cm³/mol. The van der Waals surface area contributed by atoms with Crippen LogP contribution < -0.4 is 16.9 Å². The lowest BCUT2D eigenvalue weighted by atomic mass is 10.0. The van der Waals surface area contributed by atoms with Crippen molar-refractivity contribution in [3.63, 3.8) is 0 Å². The molecule has 178 valence electrons. The number of hydrogen-bond acceptors (Lipinski definition) is 9. The number of carbonyl (C=O) groups is 1. The highest BCUT2D eigenvalue weighted by atomic mass is 32.3. The predicted octanol–water partition coefficient (Wildman–Crippen LogP) is -0.0379. The SMILES string of the molecule is CCOC(=O)Cn1c(=O)c(=O)[nH]c2cc([N+](=O)[O-])c(-c3[nH]ccc3CN)cc21.O=S(=O)(O)O. The largest absolute Gasteiger partial charge is 0.465 e. The van der Waals surface area contributed by atoms with E-state index in [1.165, 1.54) is 6.07 Å². The summed E-state index contributed by atoms with van der Waals surface area (Å²) in [6.07, 6.45) is 1.59. The molecule has 0 aliphatic carbocycles. The molecule has 6 N–H and O–H groups in total. The number of nitrogens with two attached hydrogens (primary N) is 1. The first kappa shape index (κ1) is 25.4. The molecule has 0 aliphatic rings. The van der Waals surface area contributed by atoms with Gasteiger partial charge in [0.25, 0.3) is 5.69 Å². The minimum absolute atomic E-state index is 0.0465. The highest BCUT2D eigenvalue weighted by Gasteiger charge is 2.22. The standard InChI is InChI=1S/C17H17N5O6.H2O4S/c1-2-28-14(23)8-21-13-5-10(15-9(7-18)3-4-19-15)12(22(26)27)6-11(13)20-16(24)17(21)25;1-5(2,3)4/h3-6,19H,2,7-8,18H2,1H3,(H,20,24);(H2,1,2,3,4). The fourth-order valence-electron chi connectivity index (χ4n) is 2.97. The van der Waals surface area contributed by atoms with E-state index in [1.54, 1.807) is 19.2 Å². The number of aromatic amines is 2. The number of nitrogens with one attached hydrogen (secondary N) is 2. The summed E-state index contributed by atoms with van der Waals surface area (Å²) in [4.78, 5) is 52.4. The highest BCUT2D eigenvalue weighted by molar-refractivity contribution is 7.79. The summed E-state index contributed by atoms with van der Waals surface area (Å²) in [5.41, 5.74) is 4.85. The molecule has 15 nitrogen and oxygen atoms in total. The molecule has 0 unspecified atom stereocenters. The van der Waals surface area contributed by atoms with Gasteiger partial charge < -0.3 is 20.4 Å². The molecule has 3 aromatic rings. The second-order valence-electron chi connectivity index (χ2n) is 6.32. The van der Waals surface area contributed by atoms with Crippen LogP contribution in [0, 0.1) is 10.1 Å². The summed E-state index contributed by atoms with van der Waals surface area (Å²) in [7, 11) is -4.67. The average Bonchev–Trinajstić information content (AvgIpc) is 3.18. The van der Waals surface area contributed by atoms with Gasteiger partial charge in [-0.15, -0.1) is 0 Å². The monoisotopic (exact) mass is 485 g/mol. The Labute approximate surface area is 184 Å². The minimum atomic E-state index is -4.67. The molecule has 0 spiro atoms. The van der Waals surface area contributed by atoms with E-state index >= 15 is 0 Å². The lowest BCUT2D eigenvalue weighted by Gasteiger charge is -2.11. The van der Waals surface area contributed by atoms with Crippen LogP contribution >= 0.6 is 0 Å². The van der Waals surface area contributed by atoms with E-state index in [4.69, 9.17) is 28.0 Å². The fourth-order valence-corrected chi connectivity index (χ4v) is 2.97. The van der Waals surface area contributed by atoms with E-state index in [2.05, 4.69) is 9.97 Å². The first-order valence-corrected chi connectivity index (χ1v) is 10.4. The maximum Gasteiger partial charge on any atom is 0.394 e. The number of carbonyl (C=O) groups excluding carboxylic acids is 1. The molecular weight excluding hydrogens is 466 g/mol. The summed E-state index contributed by atoms with van der Waals surface area (Å²) in [6, 6.07) is 4.20. The highest BCUT2D eigenvalue weighted by Crippen LogP contribution is 2.34. The van der Waals surface area contributed by atoms with Gasteiger partial charge in [0.05, 0.1) is 33.8 Å². The Morgan fingerprint density at radius 1 is 1.30 bits per heavy atom. The summed E-state index contributed by atoms with van der Waals surface area (Å²) >= 11 is 0. The number of aromatic nitrogens is 3. The van der Waals surface area contributed by atoms with Crippen LogP contribution in [0.1, 0.15) is 12.5 Å². The second-order valence-corrected chi connectivity index (χ2v) is 7.22. The molecule has 0 fully saturated rings. The lowest BCUT2D eigenvalue weighted by Crippen LogP contribution is -2.38. The summed E-state index contributed by atoms with van der Waals surface area (Å²) < 4.78 is 37.4. The number of rotatable bonds is 6. The van der Waals surface area contributed by atoms with Gasteiger partial charge in [-0.05, 0) is 24.6 Å². The van der Waals surface area contributed by atoms with Gasteiger partial charge in [0.2, 0.25) is 0 Å². The van der Waals surface area contributed by atoms with E-state index in [1.807, 2.05) is 0 Å². The van der Waals surface area contributed by atoms with Crippen LogP contribution in [0.2, 0.25) is 0 Å². The van der Waals surface area contributed by atoms with Crippen molar-refractivity contribution in [1.82, 2.24) is 14.5 Å². The summed E-state index contributed by atoms with van der Waals surface area (Å²) in [6.45, 7) is 1.35. The van der Waals surface area contributed by atoms with Gasteiger partial charge in [0, 0.05) is 18.8 Å². The Bertz CT molecular complexity index is 1410. The van der Waals surface area contributed by atoms with Crippen LogP contribution in [-0.2, 0) is 33.0 Å². The Morgan fingerprint density at radius 2 is 1.94 bits per heavy atom. The molecule has 2 aromatic heterocycles. The number of hydrogen-bond donors (Lipinski definition) is 5. The second kappa shape index (κ2) is 10.2. The van der Waals surface area contributed by atoms with Crippen LogP contribution in [0.4, 0.5) is 5.69 Å². The number of H-pyrrole nitrogens is 2. The van der Waals surface area contributed by atoms with Gasteiger partial charge in [0.1, 0.15) is 6.54 Å². The maximum absolute atomic E-state index is 12.3. The van der Waals surface area contributed by atoms with Gasteiger partial charge in [-0.25, -0.2) is 0 Å². The van der Waals surface area contributed by atoms with Crippen molar-refractivity contribution in [1.29, 1.82) is 0 Å². The van der Waals surface area contributed by atoms with Crippen molar-refractivity contribution in [2.75, 3.05) is 6.61 Å². The van der Waals surface area contributed by atoms with E-state index in [0.717, 1.165) is 10.6 Å². The molecule has 3 rings (SSSR count). The summed E-state index contributed by atoms with van der Waals surface area (Å²) in [5, 5.41) is 11.6. The first-order chi connectivity index (χ1) is 15.4. The third kappa shape index (κ3) is 6.32. The number of benzene rings is 1. The molecule has 0 aliphatic heterocycles. The van der Waals surface area contributed by atoms with Crippen molar-refractivity contribution >= 4 is 33.1 Å². The Balaban J connectivity index is 0.000000696. The number of ether oxygens (including phenoxy) is 1. The van der Waals surface area contributed by atoms with Crippen LogP contribution in [0.5, 0.6) is 0 Å².